The lowest BCUT2D eigenvalue weighted by Gasteiger charge is -2.43. The number of benzene rings is 2. The average Bonchev–Trinajstić information content (AvgIpc) is 3.24. The van der Waals surface area contributed by atoms with Gasteiger partial charge in [0.1, 0.15) is 0 Å². The van der Waals surface area contributed by atoms with Crippen molar-refractivity contribution in [2.24, 2.45) is 0 Å². The molecular weight excluding hydrogens is 370 g/mol. The first-order valence-electron chi connectivity index (χ1n) is 11.0. The van der Waals surface area contributed by atoms with Gasteiger partial charge in [-0.25, -0.2) is 0 Å². The Hall–Kier alpha value is -1.86. The van der Waals surface area contributed by atoms with Crippen molar-refractivity contribution in [2.45, 2.75) is 64.0 Å². The average molecular weight is 406 g/mol. The zero-order chi connectivity index (χ0) is 20.6. The number of unbranched alkanes of at least 4 members (excludes halogenated alkanes) is 1. The van der Waals surface area contributed by atoms with Gasteiger partial charge < -0.3 is 9.74 Å². The summed E-state index contributed by atoms with van der Waals surface area (Å²) in [7, 11) is -2.40. The van der Waals surface area contributed by atoms with Crippen molar-refractivity contribution in [3.63, 3.8) is 0 Å². The molecule has 1 N–H and O–H groups in total. The third-order valence-electron chi connectivity index (χ3n) is 5.82. The zero-order valence-corrected chi connectivity index (χ0v) is 19.2. The number of hydrogen-bond acceptors (Lipinski definition) is 2. The fourth-order valence-electron chi connectivity index (χ4n) is 4.36. The number of hydrogen-bond donors (Lipinski definition) is 1. The molecular formula is C26H35NOSi. The van der Waals surface area contributed by atoms with Crippen molar-refractivity contribution in [2.75, 3.05) is 13.2 Å². The molecule has 3 heteroatoms. The lowest BCUT2D eigenvalue weighted by atomic mass is 10.1. The van der Waals surface area contributed by atoms with Crippen LogP contribution in [0.15, 0.2) is 60.7 Å². The van der Waals surface area contributed by atoms with E-state index in [-0.39, 0.29) is 5.04 Å². The molecule has 1 atom stereocenters. The summed E-state index contributed by atoms with van der Waals surface area (Å²) < 4.78 is 6.91. The van der Waals surface area contributed by atoms with E-state index in [2.05, 4.69) is 98.6 Å². The maximum atomic E-state index is 6.91. The summed E-state index contributed by atoms with van der Waals surface area (Å²) in [5.41, 5.74) is 0. The highest BCUT2D eigenvalue weighted by Crippen LogP contribution is 2.36. The van der Waals surface area contributed by atoms with Crippen LogP contribution in [0.4, 0.5) is 0 Å². The van der Waals surface area contributed by atoms with Crippen molar-refractivity contribution < 1.29 is 4.43 Å². The van der Waals surface area contributed by atoms with Crippen LogP contribution in [0.1, 0.15) is 52.9 Å². The van der Waals surface area contributed by atoms with Crippen LogP contribution in [0.5, 0.6) is 0 Å². The highest BCUT2D eigenvalue weighted by atomic mass is 28.4. The van der Waals surface area contributed by atoms with E-state index in [9.17, 15) is 0 Å². The molecule has 1 heterocycles. The van der Waals surface area contributed by atoms with Crippen molar-refractivity contribution >= 4 is 18.7 Å². The monoisotopic (exact) mass is 405 g/mol. The lowest BCUT2D eigenvalue weighted by Crippen LogP contribution is -2.66. The van der Waals surface area contributed by atoms with E-state index in [1.807, 2.05) is 0 Å². The first kappa shape index (κ1) is 21.8. The molecule has 0 amide bonds. The van der Waals surface area contributed by atoms with Gasteiger partial charge in [-0.15, -0.1) is 11.8 Å². The minimum atomic E-state index is -2.40. The Labute approximate surface area is 178 Å². The normalized spacial score (nSPS) is 17.0. The fraction of sp³-hybridized carbons (Fsp3) is 0.462. The van der Waals surface area contributed by atoms with E-state index in [0.717, 1.165) is 32.4 Å². The largest absolute Gasteiger partial charge is 0.407 e. The molecule has 2 aromatic rings. The second-order valence-electron chi connectivity index (χ2n) is 8.97. The van der Waals surface area contributed by atoms with Crippen LogP contribution in [0, 0.1) is 11.8 Å². The van der Waals surface area contributed by atoms with Crippen LogP contribution in [-0.4, -0.2) is 27.5 Å². The Balaban J connectivity index is 1.71. The molecule has 0 aromatic heterocycles. The Morgan fingerprint density at radius 2 is 1.59 bits per heavy atom. The molecule has 154 valence electrons. The van der Waals surface area contributed by atoms with Crippen LogP contribution in [-0.2, 0) is 4.43 Å². The second kappa shape index (κ2) is 10.3. The minimum Gasteiger partial charge on any atom is -0.407 e. The van der Waals surface area contributed by atoms with Gasteiger partial charge in [0.2, 0.25) is 0 Å². The van der Waals surface area contributed by atoms with Crippen LogP contribution in [0.25, 0.3) is 0 Å². The molecule has 2 aromatic carbocycles. The first-order valence-corrected chi connectivity index (χ1v) is 12.9. The quantitative estimate of drug-likeness (QED) is 0.416. The molecule has 1 saturated heterocycles. The van der Waals surface area contributed by atoms with Crippen LogP contribution >= 0.6 is 0 Å². The van der Waals surface area contributed by atoms with E-state index < -0.39 is 8.32 Å². The van der Waals surface area contributed by atoms with E-state index in [1.54, 1.807) is 0 Å². The predicted molar refractivity (Wildman–Crippen MR) is 126 cm³/mol. The lowest BCUT2D eigenvalue weighted by molar-refractivity contribution is 0.293. The molecule has 0 aliphatic carbocycles. The summed E-state index contributed by atoms with van der Waals surface area (Å²) in [6, 6.07) is 22.3. The van der Waals surface area contributed by atoms with Crippen molar-refractivity contribution in [1.29, 1.82) is 0 Å². The zero-order valence-electron chi connectivity index (χ0n) is 18.2. The summed E-state index contributed by atoms with van der Waals surface area (Å²) in [5, 5.41) is 6.24. The molecule has 1 aliphatic heterocycles. The molecule has 0 radical (unpaired) electrons. The van der Waals surface area contributed by atoms with Crippen molar-refractivity contribution in [3.8, 4) is 11.8 Å². The van der Waals surface area contributed by atoms with Gasteiger partial charge in [0.25, 0.3) is 8.32 Å². The molecule has 0 saturated carbocycles. The van der Waals surface area contributed by atoms with Gasteiger partial charge in [-0.2, -0.15) is 0 Å². The maximum absolute atomic E-state index is 6.91. The standard InChI is InChI=1S/C26H35NOSi/c1-26(2,3)29(24-17-9-6-10-18-24,25-19-11-7-12-20-25)28-22-13-5-4-8-15-23-16-14-21-27-23/h6-7,9-12,17-20,23,27H,5,13-16,21-22H2,1-3H3. The summed E-state index contributed by atoms with van der Waals surface area (Å²) in [5.74, 6) is 6.72. The highest BCUT2D eigenvalue weighted by Gasteiger charge is 2.49. The smallest absolute Gasteiger partial charge is 0.261 e. The third-order valence-corrected chi connectivity index (χ3v) is 10.9. The highest BCUT2D eigenvalue weighted by molar-refractivity contribution is 6.99. The van der Waals surface area contributed by atoms with E-state index in [0.29, 0.717) is 6.04 Å². The molecule has 1 fully saturated rings. The molecule has 1 unspecified atom stereocenters. The molecule has 2 nitrogen and oxygen atoms in total. The maximum Gasteiger partial charge on any atom is 0.261 e. The molecule has 1 aliphatic rings. The van der Waals surface area contributed by atoms with Crippen molar-refractivity contribution in [3.05, 3.63) is 60.7 Å². The Morgan fingerprint density at radius 1 is 0.966 bits per heavy atom. The van der Waals surface area contributed by atoms with Crippen LogP contribution in [0.3, 0.4) is 0 Å². The van der Waals surface area contributed by atoms with Crippen molar-refractivity contribution in [1.82, 2.24) is 5.32 Å². The summed E-state index contributed by atoms with van der Waals surface area (Å²) in [6.45, 7) is 8.89. The Morgan fingerprint density at radius 3 is 2.10 bits per heavy atom. The van der Waals surface area contributed by atoms with Gasteiger partial charge in [0, 0.05) is 25.5 Å². The summed E-state index contributed by atoms with van der Waals surface area (Å²) in [4.78, 5) is 0. The minimum absolute atomic E-state index is 0.0372. The van der Waals surface area contributed by atoms with Gasteiger partial charge in [0.05, 0.1) is 0 Å². The van der Waals surface area contributed by atoms with E-state index >= 15 is 0 Å². The fourth-order valence-corrected chi connectivity index (χ4v) is 8.97. The van der Waals surface area contributed by atoms with Crippen LogP contribution in [0.2, 0.25) is 5.04 Å². The molecule has 0 spiro atoms. The van der Waals surface area contributed by atoms with E-state index in [4.69, 9.17) is 4.43 Å². The Kier molecular flexibility index (Phi) is 7.72. The first-order chi connectivity index (χ1) is 14.0. The SMILES string of the molecule is CC(C)(C)[Si](OCCCC#CCC1CCCN1)(c1ccccc1)c1ccccc1. The van der Waals surface area contributed by atoms with Gasteiger partial charge >= 0.3 is 0 Å². The van der Waals surface area contributed by atoms with E-state index in [1.165, 1.54) is 23.2 Å². The Bertz CT molecular complexity index is 756. The summed E-state index contributed by atoms with van der Waals surface area (Å²) >= 11 is 0. The third kappa shape index (κ3) is 5.39. The number of rotatable bonds is 7. The van der Waals surface area contributed by atoms with Crippen LogP contribution < -0.4 is 15.7 Å². The predicted octanol–water partition coefficient (Wildman–Crippen LogP) is 4.49. The van der Waals surface area contributed by atoms with Gasteiger partial charge in [-0.3, -0.25) is 0 Å². The van der Waals surface area contributed by atoms with Gasteiger partial charge in [-0.05, 0) is 41.2 Å². The molecule has 29 heavy (non-hydrogen) atoms. The second-order valence-corrected chi connectivity index (χ2v) is 13.3. The summed E-state index contributed by atoms with van der Waals surface area (Å²) in [6.07, 6.45) is 5.43. The van der Waals surface area contributed by atoms with Gasteiger partial charge in [-0.1, -0.05) is 81.4 Å². The topological polar surface area (TPSA) is 21.3 Å². The number of nitrogens with one attached hydrogen (secondary N) is 1. The molecule has 3 rings (SSSR count). The molecule has 0 bridgehead atoms. The van der Waals surface area contributed by atoms with Gasteiger partial charge in [0.15, 0.2) is 0 Å².